The zero-order valence-electron chi connectivity index (χ0n) is 12.9. The van der Waals surface area contributed by atoms with Crippen molar-refractivity contribution in [3.63, 3.8) is 0 Å². The molecule has 6 nitrogen and oxygen atoms in total. The summed E-state index contributed by atoms with van der Waals surface area (Å²) < 4.78 is 26.0. The number of aryl methyl sites for hydroxylation is 1. The van der Waals surface area contributed by atoms with E-state index < -0.39 is 24.5 Å². The number of carbonyl (C=O) groups excluding carboxylic acids is 1. The highest BCUT2D eigenvalue weighted by Gasteiger charge is 2.22. The van der Waals surface area contributed by atoms with Crippen LogP contribution in [0.2, 0.25) is 0 Å². The Bertz CT molecular complexity index is 544. The van der Waals surface area contributed by atoms with Gasteiger partial charge in [-0.2, -0.15) is 13.9 Å². The minimum atomic E-state index is -2.77. The fourth-order valence-electron chi connectivity index (χ4n) is 2.21. The van der Waals surface area contributed by atoms with Crippen molar-refractivity contribution in [2.45, 2.75) is 59.0 Å². The van der Waals surface area contributed by atoms with E-state index in [0.29, 0.717) is 28.8 Å². The largest absolute Gasteiger partial charge is 0.480 e. The van der Waals surface area contributed by atoms with Gasteiger partial charge in [-0.1, -0.05) is 19.8 Å². The van der Waals surface area contributed by atoms with Gasteiger partial charge in [0, 0.05) is 11.3 Å². The maximum Gasteiger partial charge on any atom is 0.333 e. The Hall–Kier alpha value is -1.99. The average molecular weight is 317 g/mol. The van der Waals surface area contributed by atoms with Crippen LogP contribution in [-0.4, -0.2) is 32.8 Å². The molecule has 0 aromatic carbocycles. The van der Waals surface area contributed by atoms with Crippen LogP contribution in [0.3, 0.4) is 0 Å². The number of alkyl halides is 2. The van der Waals surface area contributed by atoms with Gasteiger partial charge in [-0.15, -0.1) is 0 Å². The van der Waals surface area contributed by atoms with Gasteiger partial charge in [-0.05, 0) is 20.3 Å². The highest BCUT2D eigenvalue weighted by atomic mass is 19.3. The van der Waals surface area contributed by atoms with Crippen LogP contribution in [0.5, 0.6) is 0 Å². The standard InChI is InChI=1S/C14H21F2N3O3/c1-4-5-6-11(13(21)22)17-12(20)7-10-8(2)18-19(9(10)3)14(15)16/h11,14H,4-7H2,1-3H3,(H,17,20)(H,21,22). The first-order chi connectivity index (χ1) is 10.3. The monoisotopic (exact) mass is 317 g/mol. The van der Waals surface area contributed by atoms with Crippen molar-refractivity contribution in [3.05, 3.63) is 17.0 Å². The van der Waals surface area contributed by atoms with Gasteiger partial charge in [-0.3, -0.25) is 4.79 Å². The summed E-state index contributed by atoms with van der Waals surface area (Å²) in [5.74, 6) is -1.61. The first-order valence-electron chi connectivity index (χ1n) is 7.12. The van der Waals surface area contributed by atoms with Gasteiger partial charge < -0.3 is 10.4 Å². The van der Waals surface area contributed by atoms with Crippen molar-refractivity contribution in [1.82, 2.24) is 15.1 Å². The number of aromatic nitrogens is 2. The molecule has 0 aliphatic heterocycles. The van der Waals surface area contributed by atoms with E-state index in [-0.39, 0.29) is 12.1 Å². The number of carbonyl (C=O) groups is 2. The summed E-state index contributed by atoms with van der Waals surface area (Å²) in [6.45, 7) is 2.15. The first-order valence-corrected chi connectivity index (χ1v) is 7.12. The molecule has 1 rings (SSSR count). The van der Waals surface area contributed by atoms with Crippen LogP contribution in [0.1, 0.15) is 49.7 Å². The fourth-order valence-corrected chi connectivity index (χ4v) is 2.21. The Labute approximate surface area is 127 Å². The molecule has 1 atom stereocenters. The van der Waals surface area contributed by atoms with Gasteiger partial charge in [0.15, 0.2) is 0 Å². The number of carboxylic acids is 1. The SMILES string of the molecule is CCCCC(NC(=O)Cc1c(C)nn(C(F)F)c1C)C(=O)O. The van der Waals surface area contributed by atoms with Crippen LogP contribution in [-0.2, 0) is 16.0 Å². The smallest absolute Gasteiger partial charge is 0.333 e. The maximum atomic E-state index is 12.7. The van der Waals surface area contributed by atoms with Crippen molar-refractivity contribution in [2.24, 2.45) is 0 Å². The van der Waals surface area contributed by atoms with E-state index in [1.165, 1.54) is 6.92 Å². The van der Waals surface area contributed by atoms with Crippen molar-refractivity contribution in [2.75, 3.05) is 0 Å². The molecule has 1 aromatic heterocycles. The van der Waals surface area contributed by atoms with Gasteiger partial charge in [-0.25, -0.2) is 9.48 Å². The van der Waals surface area contributed by atoms with Gasteiger partial charge in [0.05, 0.1) is 12.1 Å². The van der Waals surface area contributed by atoms with Crippen molar-refractivity contribution < 1.29 is 23.5 Å². The predicted molar refractivity (Wildman–Crippen MR) is 75.7 cm³/mol. The van der Waals surface area contributed by atoms with Gasteiger partial charge in [0.1, 0.15) is 6.04 Å². The Morgan fingerprint density at radius 1 is 1.36 bits per heavy atom. The van der Waals surface area contributed by atoms with Crippen LogP contribution in [0, 0.1) is 13.8 Å². The Morgan fingerprint density at radius 3 is 2.45 bits per heavy atom. The molecule has 1 aromatic rings. The molecule has 8 heteroatoms. The number of carboxylic acid groups (broad SMARTS) is 1. The molecule has 2 N–H and O–H groups in total. The normalized spacial score (nSPS) is 12.5. The van der Waals surface area contributed by atoms with Gasteiger partial charge >= 0.3 is 12.5 Å². The second-order valence-corrected chi connectivity index (χ2v) is 5.15. The highest BCUT2D eigenvalue weighted by Crippen LogP contribution is 2.19. The van der Waals surface area contributed by atoms with Gasteiger partial charge in [0.25, 0.3) is 0 Å². The molecule has 0 aliphatic rings. The van der Waals surface area contributed by atoms with E-state index in [1.54, 1.807) is 6.92 Å². The summed E-state index contributed by atoms with van der Waals surface area (Å²) in [5.41, 5.74) is 0.953. The molecule has 1 amide bonds. The fraction of sp³-hybridized carbons (Fsp3) is 0.643. The summed E-state index contributed by atoms with van der Waals surface area (Å²) >= 11 is 0. The zero-order valence-corrected chi connectivity index (χ0v) is 12.9. The van der Waals surface area contributed by atoms with E-state index in [1.807, 2.05) is 6.92 Å². The Balaban J connectivity index is 2.78. The van der Waals surface area contributed by atoms with E-state index in [9.17, 15) is 18.4 Å². The second-order valence-electron chi connectivity index (χ2n) is 5.15. The van der Waals surface area contributed by atoms with E-state index in [4.69, 9.17) is 5.11 Å². The van der Waals surface area contributed by atoms with Crippen LogP contribution in [0.25, 0.3) is 0 Å². The Morgan fingerprint density at radius 2 is 2.00 bits per heavy atom. The molecule has 1 heterocycles. The van der Waals surface area contributed by atoms with E-state index in [2.05, 4.69) is 10.4 Å². The summed E-state index contributed by atoms with van der Waals surface area (Å²) in [6, 6.07) is -0.960. The third-order valence-corrected chi connectivity index (χ3v) is 3.48. The molecule has 0 radical (unpaired) electrons. The van der Waals surface area contributed by atoms with Gasteiger partial charge in [0.2, 0.25) is 5.91 Å². The summed E-state index contributed by atoms with van der Waals surface area (Å²) in [6.07, 6.45) is 1.67. The predicted octanol–water partition coefficient (Wildman–Crippen LogP) is 2.20. The molecule has 22 heavy (non-hydrogen) atoms. The molecule has 0 saturated heterocycles. The molecule has 0 saturated carbocycles. The number of amides is 1. The highest BCUT2D eigenvalue weighted by molar-refractivity contribution is 5.85. The number of nitrogens with one attached hydrogen (secondary N) is 1. The third kappa shape index (κ3) is 4.51. The lowest BCUT2D eigenvalue weighted by atomic mass is 10.1. The van der Waals surface area contributed by atoms with E-state index >= 15 is 0 Å². The summed E-state index contributed by atoms with van der Waals surface area (Å²) in [4.78, 5) is 23.1. The number of unbranched alkanes of at least 4 members (excludes halogenated alkanes) is 1. The number of hydrogen-bond acceptors (Lipinski definition) is 3. The first kappa shape index (κ1) is 18.1. The Kier molecular flexibility index (Phi) is 6.45. The molecular formula is C14H21F2N3O3. The maximum absolute atomic E-state index is 12.7. The van der Waals surface area contributed by atoms with Crippen LogP contribution >= 0.6 is 0 Å². The number of hydrogen-bond donors (Lipinski definition) is 2. The number of rotatable bonds is 8. The molecule has 0 bridgehead atoms. The molecular weight excluding hydrogens is 296 g/mol. The lowest BCUT2D eigenvalue weighted by Gasteiger charge is -2.14. The van der Waals surface area contributed by atoms with Crippen LogP contribution in [0.15, 0.2) is 0 Å². The average Bonchev–Trinajstić information content (AvgIpc) is 2.71. The minimum absolute atomic E-state index is 0.166. The van der Waals surface area contributed by atoms with Crippen molar-refractivity contribution >= 4 is 11.9 Å². The number of nitrogens with zero attached hydrogens (tertiary/aromatic N) is 2. The van der Waals surface area contributed by atoms with E-state index in [0.717, 1.165) is 6.42 Å². The zero-order chi connectivity index (χ0) is 16.9. The molecule has 0 fully saturated rings. The number of halogens is 2. The molecule has 0 spiro atoms. The van der Waals surface area contributed by atoms with Crippen LogP contribution in [0.4, 0.5) is 8.78 Å². The molecule has 1 unspecified atom stereocenters. The van der Waals surface area contributed by atoms with Crippen molar-refractivity contribution in [1.29, 1.82) is 0 Å². The topological polar surface area (TPSA) is 84.2 Å². The van der Waals surface area contributed by atoms with Crippen LogP contribution < -0.4 is 5.32 Å². The summed E-state index contributed by atoms with van der Waals surface area (Å²) in [5, 5.41) is 15.2. The second kappa shape index (κ2) is 7.86. The lowest BCUT2D eigenvalue weighted by molar-refractivity contribution is -0.142. The quantitative estimate of drug-likeness (QED) is 0.770. The lowest BCUT2D eigenvalue weighted by Crippen LogP contribution is -2.41. The molecule has 0 aliphatic carbocycles. The third-order valence-electron chi connectivity index (χ3n) is 3.48. The van der Waals surface area contributed by atoms with Crippen molar-refractivity contribution in [3.8, 4) is 0 Å². The minimum Gasteiger partial charge on any atom is -0.480 e. The molecule has 124 valence electrons. The number of aliphatic carboxylic acids is 1. The summed E-state index contributed by atoms with van der Waals surface area (Å²) in [7, 11) is 0.